The Morgan fingerprint density at radius 3 is 2.63 bits per heavy atom. The number of urea groups is 1. The smallest absolute Gasteiger partial charge is 0.322 e. The first kappa shape index (κ1) is 22.2. The quantitative estimate of drug-likeness (QED) is 0.676. The van der Waals surface area contributed by atoms with Crippen LogP contribution in [-0.2, 0) is 9.59 Å². The molecule has 2 aliphatic rings. The van der Waals surface area contributed by atoms with E-state index in [9.17, 15) is 14.4 Å². The number of rotatable bonds is 6. The second-order valence-corrected chi connectivity index (χ2v) is 8.36. The first-order valence-electron chi connectivity index (χ1n) is 9.57. The molecule has 0 saturated heterocycles. The van der Waals surface area contributed by atoms with Crippen molar-refractivity contribution in [3.8, 4) is 0 Å². The molecule has 4 amide bonds. The molecule has 1 N–H and O–H groups in total. The van der Waals surface area contributed by atoms with Crippen LogP contribution in [-0.4, -0.2) is 65.8 Å². The third-order valence-electron chi connectivity index (χ3n) is 5.15. The Balaban J connectivity index is 1.92. The van der Waals surface area contributed by atoms with Crippen molar-refractivity contribution in [2.24, 2.45) is 0 Å². The Morgan fingerprint density at radius 2 is 2.03 bits per heavy atom. The zero-order valence-corrected chi connectivity index (χ0v) is 18.7. The number of carbonyl (C=O) groups is 3. The summed E-state index contributed by atoms with van der Waals surface area (Å²) < 4.78 is 0. The maximum atomic E-state index is 13.3. The Bertz CT molecular complexity index is 960. The van der Waals surface area contributed by atoms with Gasteiger partial charge in [0.05, 0.1) is 23.9 Å². The lowest BCUT2D eigenvalue weighted by Crippen LogP contribution is -2.47. The highest BCUT2D eigenvalue weighted by Crippen LogP contribution is 2.39. The fraction of sp³-hybridized carbons (Fsp3) is 0.381. The van der Waals surface area contributed by atoms with E-state index in [0.29, 0.717) is 40.0 Å². The van der Waals surface area contributed by atoms with Crippen LogP contribution in [0.2, 0.25) is 10.0 Å². The van der Waals surface area contributed by atoms with Gasteiger partial charge in [-0.3, -0.25) is 14.5 Å². The molecule has 160 valence electrons. The van der Waals surface area contributed by atoms with E-state index in [0.717, 1.165) is 5.57 Å². The van der Waals surface area contributed by atoms with E-state index < -0.39 is 6.04 Å². The molecule has 1 aromatic carbocycles. The van der Waals surface area contributed by atoms with Crippen molar-refractivity contribution < 1.29 is 14.4 Å². The summed E-state index contributed by atoms with van der Waals surface area (Å²) in [5, 5.41) is 3.68. The number of nitrogens with zero attached hydrogens (tertiary/aromatic N) is 3. The van der Waals surface area contributed by atoms with Crippen molar-refractivity contribution in [3.05, 3.63) is 57.2 Å². The van der Waals surface area contributed by atoms with Gasteiger partial charge in [0, 0.05) is 30.2 Å². The van der Waals surface area contributed by atoms with Gasteiger partial charge in [0.1, 0.15) is 6.54 Å². The molecular formula is C21H24Cl2N4O3. The third-order valence-corrected chi connectivity index (χ3v) is 5.71. The van der Waals surface area contributed by atoms with Gasteiger partial charge in [-0.05, 0) is 31.5 Å². The zero-order valence-electron chi connectivity index (χ0n) is 17.2. The van der Waals surface area contributed by atoms with Gasteiger partial charge in [-0.25, -0.2) is 4.79 Å². The molecule has 2 heterocycles. The number of hydrogen-bond donors (Lipinski definition) is 1. The normalized spacial score (nSPS) is 18.5. The van der Waals surface area contributed by atoms with Gasteiger partial charge in [-0.15, -0.1) is 0 Å². The van der Waals surface area contributed by atoms with Crippen molar-refractivity contribution >= 4 is 41.0 Å². The monoisotopic (exact) mass is 450 g/mol. The molecule has 0 saturated carbocycles. The third kappa shape index (κ3) is 4.18. The van der Waals surface area contributed by atoms with E-state index in [-0.39, 0.29) is 30.9 Å². The molecule has 2 aliphatic heterocycles. The van der Waals surface area contributed by atoms with E-state index in [1.807, 2.05) is 13.8 Å². The summed E-state index contributed by atoms with van der Waals surface area (Å²) >= 11 is 12.4. The number of benzene rings is 1. The van der Waals surface area contributed by atoms with Crippen LogP contribution >= 0.6 is 23.2 Å². The number of halogens is 2. The molecule has 0 spiro atoms. The van der Waals surface area contributed by atoms with Gasteiger partial charge in [0.15, 0.2) is 0 Å². The predicted octanol–water partition coefficient (Wildman–Crippen LogP) is 3.21. The SMILES string of the molecule is C=C(C)CN(C)C(=O)CN1CC2=C(C1=O)C(c1ccc(Cl)cc1Cl)NC(=O)N2CC. The van der Waals surface area contributed by atoms with Crippen molar-refractivity contribution in [2.75, 3.05) is 33.2 Å². The van der Waals surface area contributed by atoms with Crippen LogP contribution in [0.15, 0.2) is 41.6 Å². The maximum absolute atomic E-state index is 13.3. The number of hydrogen-bond acceptors (Lipinski definition) is 3. The Kier molecular flexibility index (Phi) is 6.43. The van der Waals surface area contributed by atoms with E-state index >= 15 is 0 Å². The van der Waals surface area contributed by atoms with Crippen LogP contribution in [0.3, 0.4) is 0 Å². The average Bonchev–Trinajstić information content (AvgIpc) is 2.97. The molecule has 0 radical (unpaired) electrons. The highest BCUT2D eigenvalue weighted by atomic mass is 35.5. The summed E-state index contributed by atoms with van der Waals surface area (Å²) in [6.45, 7) is 8.40. The summed E-state index contributed by atoms with van der Waals surface area (Å²) in [5.41, 5.74) is 2.45. The second kappa shape index (κ2) is 8.70. The minimum atomic E-state index is -0.708. The fourth-order valence-corrected chi connectivity index (χ4v) is 4.27. The molecule has 1 unspecified atom stereocenters. The summed E-state index contributed by atoms with van der Waals surface area (Å²) in [6.07, 6.45) is 0. The molecule has 1 aromatic rings. The van der Waals surface area contributed by atoms with Gasteiger partial charge >= 0.3 is 6.03 Å². The Morgan fingerprint density at radius 1 is 1.33 bits per heavy atom. The van der Waals surface area contributed by atoms with E-state index in [4.69, 9.17) is 23.2 Å². The number of carbonyl (C=O) groups excluding carboxylic acids is 3. The number of likely N-dealkylation sites (N-methyl/N-ethyl adjacent to an activating group) is 2. The fourth-order valence-electron chi connectivity index (χ4n) is 3.76. The molecule has 0 aromatic heterocycles. The van der Waals surface area contributed by atoms with Gasteiger partial charge in [-0.2, -0.15) is 0 Å². The minimum absolute atomic E-state index is 0.0809. The molecule has 0 bridgehead atoms. The Labute approximate surface area is 185 Å². The summed E-state index contributed by atoms with van der Waals surface area (Å²) in [4.78, 5) is 43.1. The molecule has 1 atom stereocenters. The standard InChI is InChI=1S/C21H24Cl2N4O3/c1-5-27-16-10-26(11-17(28)25(4)9-12(2)3)20(29)18(16)19(24-21(27)30)14-7-6-13(22)8-15(14)23/h6-8,19H,2,5,9-11H2,1,3-4H3,(H,24,30). The predicted molar refractivity (Wildman–Crippen MR) is 116 cm³/mol. The molecule has 7 nitrogen and oxygen atoms in total. The van der Waals surface area contributed by atoms with Crippen molar-refractivity contribution in [1.82, 2.24) is 20.0 Å². The van der Waals surface area contributed by atoms with Gasteiger partial charge in [0.2, 0.25) is 5.91 Å². The van der Waals surface area contributed by atoms with Crippen LogP contribution in [0.25, 0.3) is 0 Å². The largest absolute Gasteiger partial charge is 0.340 e. The van der Waals surface area contributed by atoms with Crippen LogP contribution in [0.4, 0.5) is 4.79 Å². The second-order valence-electron chi connectivity index (χ2n) is 7.52. The minimum Gasteiger partial charge on any atom is -0.340 e. The molecule has 30 heavy (non-hydrogen) atoms. The van der Waals surface area contributed by atoms with Gasteiger partial charge in [-0.1, -0.05) is 41.4 Å². The lowest BCUT2D eigenvalue weighted by Gasteiger charge is -2.33. The lowest BCUT2D eigenvalue weighted by atomic mass is 9.95. The van der Waals surface area contributed by atoms with E-state index in [2.05, 4.69) is 11.9 Å². The van der Waals surface area contributed by atoms with Crippen LogP contribution in [0, 0.1) is 0 Å². The van der Waals surface area contributed by atoms with Crippen LogP contribution in [0.5, 0.6) is 0 Å². The topological polar surface area (TPSA) is 73.0 Å². The molecule has 0 aliphatic carbocycles. The average molecular weight is 451 g/mol. The first-order valence-corrected chi connectivity index (χ1v) is 10.3. The number of nitrogens with one attached hydrogen (secondary N) is 1. The highest BCUT2D eigenvalue weighted by Gasteiger charge is 2.44. The lowest BCUT2D eigenvalue weighted by molar-refractivity contribution is -0.136. The van der Waals surface area contributed by atoms with E-state index in [1.165, 1.54) is 14.7 Å². The zero-order chi connectivity index (χ0) is 22.2. The highest BCUT2D eigenvalue weighted by molar-refractivity contribution is 6.35. The summed E-state index contributed by atoms with van der Waals surface area (Å²) in [6, 6.07) is 3.91. The molecule has 3 rings (SSSR count). The number of amides is 4. The van der Waals surface area contributed by atoms with Crippen LogP contribution < -0.4 is 5.32 Å². The van der Waals surface area contributed by atoms with E-state index in [1.54, 1.807) is 25.2 Å². The molecule has 9 heteroatoms. The van der Waals surface area contributed by atoms with Crippen molar-refractivity contribution in [2.45, 2.75) is 19.9 Å². The molecular weight excluding hydrogens is 427 g/mol. The summed E-state index contributed by atoms with van der Waals surface area (Å²) in [7, 11) is 1.67. The van der Waals surface area contributed by atoms with Gasteiger partial charge < -0.3 is 15.1 Å². The maximum Gasteiger partial charge on any atom is 0.322 e. The first-order chi connectivity index (χ1) is 14.1. The molecule has 0 fully saturated rings. The van der Waals surface area contributed by atoms with Crippen molar-refractivity contribution in [1.29, 1.82) is 0 Å². The summed E-state index contributed by atoms with van der Waals surface area (Å²) in [5.74, 6) is -0.494. The van der Waals surface area contributed by atoms with Gasteiger partial charge in [0.25, 0.3) is 5.91 Å². The Hall–Kier alpha value is -2.51. The van der Waals surface area contributed by atoms with Crippen LogP contribution in [0.1, 0.15) is 25.5 Å². The van der Waals surface area contributed by atoms with Crippen molar-refractivity contribution in [3.63, 3.8) is 0 Å².